The molecule has 1 amide bonds. The largest absolute Gasteiger partial charge is 0.465 e. The Hall–Kier alpha value is -3.20. The fourth-order valence-electron chi connectivity index (χ4n) is 2.55. The zero-order valence-corrected chi connectivity index (χ0v) is 17.5. The first-order chi connectivity index (χ1) is 13.6. The Kier molecular flexibility index (Phi) is 7.11. The van der Waals surface area contributed by atoms with Gasteiger partial charge in [-0.25, -0.2) is 18.6 Å². The van der Waals surface area contributed by atoms with Crippen molar-refractivity contribution >= 4 is 33.8 Å². The van der Waals surface area contributed by atoms with Gasteiger partial charge in [0.1, 0.15) is 6.54 Å². The molecular weight excluding hydrogens is 394 g/mol. The van der Waals surface area contributed by atoms with Gasteiger partial charge in [-0.2, -0.15) is 5.10 Å². The van der Waals surface area contributed by atoms with Crippen LogP contribution in [0.1, 0.15) is 27.0 Å². The Balaban J connectivity index is 2.08. The average molecular weight is 417 g/mol. The van der Waals surface area contributed by atoms with E-state index in [0.717, 1.165) is 21.7 Å². The number of sulfonamides is 1. The third-order valence-electron chi connectivity index (χ3n) is 4.27. The topological polar surface area (TPSA) is 105 Å². The quantitative estimate of drug-likeness (QED) is 0.421. The van der Waals surface area contributed by atoms with Crippen molar-refractivity contribution in [3.8, 4) is 0 Å². The summed E-state index contributed by atoms with van der Waals surface area (Å²) < 4.78 is 30.1. The van der Waals surface area contributed by atoms with Crippen molar-refractivity contribution in [2.75, 3.05) is 24.2 Å². The number of anilines is 1. The van der Waals surface area contributed by atoms with E-state index in [1.807, 2.05) is 13.0 Å². The van der Waals surface area contributed by atoms with E-state index in [9.17, 15) is 18.0 Å². The molecule has 0 aliphatic rings. The number of benzene rings is 2. The lowest BCUT2D eigenvalue weighted by Gasteiger charge is -2.23. The van der Waals surface area contributed by atoms with E-state index < -0.39 is 28.4 Å². The molecule has 8 nitrogen and oxygen atoms in total. The van der Waals surface area contributed by atoms with Gasteiger partial charge in [0.15, 0.2) is 0 Å². The SMILES string of the molecule is COC(=O)c1ccc(/C=N\NC(=O)CN(c2cccc(C)c2C)S(C)(=O)=O)cc1. The van der Waals surface area contributed by atoms with E-state index in [-0.39, 0.29) is 0 Å². The number of hydrogen-bond acceptors (Lipinski definition) is 6. The highest BCUT2D eigenvalue weighted by Crippen LogP contribution is 2.24. The molecule has 0 unspecified atom stereocenters. The highest BCUT2D eigenvalue weighted by molar-refractivity contribution is 7.92. The van der Waals surface area contributed by atoms with Crippen LogP contribution in [-0.4, -0.2) is 46.4 Å². The summed E-state index contributed by atoms with van der Waals surface area (Å²) in [7, 11) is -2.37. The molecule has 2 aromatic carbocycles. The van der Waals surface area contributed by atoms with Crippen LogP contribution >= 0.6 is 0 Å². The van der Waals surface area contributed by atoms with Gasteiger partial charge in [-0.1, -0.05) is 24.3 Å². The number of ether oxygens (including phenoxy) is 1. The number of esters is 1. The molecule has 0 heterocycles. The van der Waals surface area contributed by atoms with Crippen molar-refractivity contribution in [3.05, 3.63) is 64.7 Å². The minimum atomic E-state index is -3.67. The smallest absolute Gasteiger partial charge is 0.337 e. The maximum absolute atomic E-state index is 12.3. The second-order valence-corrected chi connectivity index (χ2v) is 8.30. The van der Waals surface area contributed by atoms with Crippen LogP contribution in [0.15, 0.2) is 47.6 Å². The van der Waals surface area contributed by atoms with Crippen LogP contribution < -0.4 is 9.73 Å². The van der Waals surface area contributed by atoms with Crippen LogP contribution in [0.25, 0.3) is 0 Å². The van der Waals surface area contributed by atoms with Crippen molar-refractivity contribution in [3.63, 3.8) is 0 Å². The highest BCUT2D eigenvalue weighted by Gasteiger charge is 2.22. The Labute approximate surface area is 170 Å². The summed E-state index contributed by atoms with van der Waals surface area (Å²) in [6.45, 7) is 3.27. The minimum Gasteiger partial charge on any atom is -0.465 e. The summed E-state index contributed by atoms with van der Waals surface area (Å²) in [4.78, 5) is 23.7. The first kappa shape index (κ1) is 22.1. The van der Waals surface area contributed by atoms with E-state index >= 15 is 0 Å². The van der Waals surface area contributed by atoms with Crippen LogP contribution in [0.3, 0.4) is 0 Å². The van der Waals surface area contributed by atoms with Gasteiger partial charge >= 0.3 is 5.97 Å². The predicted octanol–water partition coefficient (Wildman–Crippen LogP) is 2.01. The molecule has 0 saturated carbocycles. The summed E-state index contributed by atoms with van der Waals surface area (Å²) in [5, 5.41) is 3.84. The molecule has 29 heavy (non-hydrogen) atoms. The maximum Gasteiger partial charge on any atom is 0.337 e. The van der Waals surface area contributed by atoms with Gasteiger partial charge < -0.3 is 4.74 Å². The van der Waals surface area contributed by atoms with Crippen LogP contribution in [0.5, 0.6) is 0 Å². The molecule has 0 fully saturated rings. The average Bonchev–Trinajstić information content (AvgIpc) is 2.67. The van der Waals surface area contributed by atoms with Gasteiger partial charge in [-0.05, 0) is 48.7 Å². The summed E-state index contributed by atoms with van der Waals surface area (Å²) in [5.74, 6) is -1.03. The van der Waals surface area contributed by atoms with Crippen molar-refractivity contribution in [1.82, 2.24) is 5.43 Å². The molecule has 154 valence electrons. The molecule has 0 radical (unpaired) electrons. The van der Waals surface area contributed by atoms with Crippen LogP contribution in [0.2, 0.25) is 0 Å². The Bertz CT molecular complexity index is 1030. The van der Waals surface area contributed by atoms with Gasteiger partial charge in [0.25, 0.3) is 5.91 Å². The number of carbonyl (C=O) groups excluding carboxylic acids is 2. The normalized spacial score (nSPS) is 11.3. The lowest BCUT2D eigenvalue weighted by molar-refractivity contribution is -0.119. The monoisotopic (exact) mass is 417 g/mol. The summed E-state index contributed by atoms with van der Waals surface area (Å²) in [6.07, 6.45) is 2.44. The number of hydrazone groups is 1. The Morgan fingerprint density at radius 3 is 2.38 bits per heavy atom. The third kappa shape index (κ3) is 5.89. The molecule has 2 rings (SSSR count). The van der Waals surface area contributed by atoms with Gasteiger partial charge in [-0.3, -0.25) is 9.10 Å². The summed E-state index contributed by atoms with van der Waals surface area (Å²) in [5.41, 5.74) is 5.51. The maximum atomic E-state index is 12.3. The van der Waals surface area contributed by atoms with Crippen molar-refractivity contribution in [1.29, 1.82) is 0 Å². The third-order valence-corrected chi connectivity index (χ3v) is 5.39. The number of nitrogens with zero attached hydrogens (tertiary/aromatic N) is 2. The highest BCUT2D eigenvalue weighted by atomic mass is 32.2. The lowest BCUT2D eigenvalue weighted by Crippen LogP contribution is -2.39. The van der Waals surface area contributed by atoms with Crippen molar-refractivity contribution in [2.45, 2.75) is 13.8 Å². The molecule has 0 aliphatic carbocycles. The molecule has 0 saturated heterocycles. The van der Waals surface area contributed by atoms with Gasteiger partial charge in [0, 0.05) is 0 Å². The van der Waals surface area contributed by atoms with E-state index in [2.05, 4.69) is 15.3 Å². The van der Waals surface area contributed by atoms with Crippen LogP contribution in [0, 0.1) is 13.8 Å². The molecule has 0 aliphatic heterocycles. The van der Waals surface area contributed by atoms with E-state index in [4.69, 9.17) is 0 Å². The van der Waals surface area contributed by atoms with Crippen LogP contribution in [-0.2, 0) is 19.6 Å². The summed E-state index contributed by atoms with van der Waals surface area (Å²) in [6, 6.07) is 11.7. The van der Waals surface area contributed by atoms with Gasteiger partial charge in [0.05, 0.1) is 30.8 Å². The van der Waals surface area contributed by atoms with E-state index in [0.29, 0.717) is 16.8 Å². The fraction of sp³-hybridized carbons (Fsp3) is 0.250. The molecule has 0 aromatic heterocycles. The minimum absolute atomic E-state index is 0.394. The molecular formula is C20H23N3O5S. The predicted molar refractivity (Wildman–Crippen MR) is 112 cm³/mol. The van der Waals surface area contributed by atoms with Crippen LogP contribution in [0.4, 0.5) is 5.69 Å². The second-order valence-electron chi connectivity index (χ2n) is 6.40. The number of nitrogens with one attached hydrogen (secondary N) is 1. The molecule has 0 spiro atoms. The first-order valence-electron chi connectivity index (χ1n) is 8.67. The van der Waals surface area contributed by atoms with Gasteiger partial charge in [0.2, 0.25) is 10.0 Å². The number of aryl methyl sites for hydroxylation is 1. The Morgan fingerprint density at radius 2 is 1.79 bits per heavy atom. The molecule has 2 aromatic rings. The zero-order chi connectivity index (χ0) is 21.6. The molecule has 1 N–H and O–H groups in total. The zero-order valence-electron chi connectivity index (χ0n) is 16.7. The van der Waals surface area contributed by atoms with E-state index in [1.54, 1.807) is 43.3 Å². The van der Waals surface area contributed by atoms with Crippen molar-refractivity contribution < 1.29 is 22.7 Å². The second kappa shape index (κ2) is 9.33. The number of carbonyl (C=O) groups is 2. The number of hydrogen-bond donors (Lipinski definition) is 1. The number of methoxy groups -OCH3 is 1. The van der Waals surface area contributed by atoms with E-state index in [1.165, 1.54) is 13.3 Å². The molecule has 0 atom stereocenters. The standard InChI is InChI=1S/C20H23N3O5S/c1-14-6-5-7-18(15(14)2)23(29(4,26)27)13-19(24)22-21-12-16-8-10-17(11-9-16)20(25)28-3/h5-12H,13H2,1-4H3,(H,22,24)/b21-12-. The number of amides is 1. The van der Waals surface area contributed by atoms with Gasteiger partial charge in [-0.15, -0.1) is 0 Å². The van der Waals surface area contributed by atoms with Crippen molar-refractivity contribution in [2.24, 2.45) is 5.10 Å². The first-order valence-corrected chi connectivity index (χ1v) is 10.5. The fourth-order valence-corrected chi connectivity index (χ4v) is 3.46. The number of rotatable bonds is 7. The molecule has 9 heteroatoms. The lowest BCUT2D eigenvalue weighted by atomic mass is 10.1. The summed E-state index contributed by atoms with van der Waals surface area (Å²) >= 11 is 0. The molecule has 0 bridgehead atoms. The Morgan fingerprint density at radius 1 is 1.14 bits per heavy atom.